The maximum Gasteiger partial charge on any atom is 0.285 e. The number of thioether (sulfide) groups is 1. The van der Waals surface area contributed by atoms with E-state index in [9.17, 15) is 4.79 Å². The Bertz CT molecular complexity index is 729. The summed E-state index contributed by atoms with van der Waals surface area (Å²) in [7, 11) is 0. The van der Waals surface area contributed by atoms with E-state index in [1.165, 1.54) is 22.9 Å². The van der Waals surface area contributed by atoms with E-state index in [0.29, 0.717) is 10.2 Å². The zero-order valence-electron chi connectivity index (χ0n) is 8.89. The standard InChI is InChI=1S/C9H8N4OS3/c1-2-3-15-8-4-5-6(7(14)11-13-10-5)16-9(4)17-12-8/h2-3H2,1H3,(H,10,11,14). The molecule has 17 heavy (non-hydrogen) atoms. The first kappa shape index (κ1) is 11.1. The van der Waals surface area contributed by atoms with Gasteiger partial charge in [0.15, 0.2) is 0 Å². The minimum atomic E-state index is -0.171. The maximum absolute atomic E-state index is 11.6. The number of fused-ring (bicyclic) bond motifs is 3. The molecular formula is C9H8N4OS3. The van der Waals surface area contributed by atoms with Gasteiger partial charge in [-0.25, -0.2) is 5.10 Å². The van der Waals surface area contributed by atoms with Crippen LogP contribution >= 0.6 is 34.6 Å². The summed E-state index contributed by atoms with van der Waals surface area (Å²) >= 11 is 4.57. The van der Waals surface area contributed by atoms with Crippen molar-refractivity contribution in [3.8, 4) is 0 Å². The summed E-state index contributed by atoms with van der Waals surface area (Å²) < 4.78 is 6.09. The van der Waals surface area contributed by atoms with E-state index in [2.05, 4.69) is 26.7 Å². The Kier molecular flexibility index (Phi) is 2.85. The summed E-state index contributed by atoms with van der Waals surface area (Å²) in [5.41, 5.74) is 0.510. The van der Waals surface area contributed by atoms with E-state index in [0.717, 1.165) is 26.6 Å². The van der Waals surface area contributed by atoms with Gasteiger partial charge in [-0.1, -0.05) is 12.1 Å². The molecule has 8 heteroatoms. The van der Waals surface area contributed by atoms with Gasteiger partial charge < -0.3 is 0 Å². The van der Waals surface area contributed by atoms with Gasteiger partial charge in [0.05, 0.1) is 5.39 Å². The fourth-order valence-electron chi connectivity index (χ4n) is 1.50. The lowest BCUT2D eigenvalue weighted by atomic mass is 10.4. The first-order valence-electron chi connectivity index (χ1n) is 5.07. The summed E-state index contributed by atoms with van der Waals surface area (Å²) in [5.74, 6) is 1.02. The smallest absolute Gasteiger partial charge is 0.266 e. The maximum atomic E-state index is 11.6. The fourth-order valence-corrected chi connectivity index (χ4v) is 4.61. The number of aromatic amines is 1. The molecule has 5 nitrogen and oxygen atoms in total. The quantitative estimate of drug-likeness (QED) is 0.748. The molecule has 0 saturated heterocycles. The van der Waals surface area contributed by atoms with Crippen molar-refractivity contribution in [2.45, 2.75) is 18.4 Å². The van der Waals surface area contributed by atoms with E-state index >= 15 is 0 Å². The van der Waals surface area contributed by atoms with E-state index < -0.39 is 0 Å². The normalized spacial score (nSPS) is 11.6. The van der Waals surface area contributed by atoms with Crippen molar-refractivity contribution in [1.82, 2.24) is 19.8 Å². The van der Waals surface area contributed by atoms with Crippen LogP contribution < -0.4 is 5.56 Å². The van der Waals surface area contributed by atoms with Crippen molar-refractivity contribution in [2.75, 3.05) is 5.75 Å². The lowest BCUT2D eigenvalue weighted by molar-refractivity contribution is 0.876. The molecule has 0 aliphatic heterocycles. The van der Waals surface area contributed by atoms with Crippen LogP contribution in [0.2, 0.25) is 0 Å². The summed E-state index contributed by atoms with van der Waals surface area (Å²) in [5, 5.41) is 12.0. The van der Waals surface area contributed by atoms with Crippen LogP contribution in [0, 0.1) is 0 Å². The number of rotatable bonds is 3. The van der Waals surface area contributed by atoms with Crippen molar-refractivity contribution >= 4 is 54.2 Å². The van der Waals surface area contributed by atoms with E-state index in [4.69, 9.17) is 0 Å². The van der Waals surface area contributed by atoms with Gasteiger partial charge in [0.2, 0.25) is 0 Å². The third kappa shape index (κ3) is 1.76. The number of nitrogens with zero attached hydrogens (tertiary/aromatic N) is 3. The molecule has 0 aromatic carbocycles. The van der Waals surface area contributed by atoms with Crippen molar-refractivity contribution < 1.29 is 0 Å². The molecule has 0 unspecified atom stereocenters. The lowest BCUT2D eigenvalue weighted by Gasteiger charge is -1.93. The highest BCUT2D eigenvalue weighted by atomic mass is 32.2. The van der Waals surface area contributed by atoms with Gasteiger partial charge in [-0.3, -0.25) is 4.79 Å². The zero-order chi connectivity index (χ0) is 11.8. The van der Waals surface area contributed by atoms with Crippen LogP contribution in [0.15, 0.2) is 9.82 Å². The van der Waals surface area contributed by atoms with E-state index in [1.54, 1.807) is 11.8 Å². The Morgan fingerprint density at radius 2 is 2.35 bits per heavy atom. The topological polar surface area (TPSA) is 71.5 Å². The van der Waals surface area contributed by atoms with Gasteiger partial charge in [0, 0.05) is 0 Å². The lowest BCUT2D eigenvalue weighted by Crippen LogP contribution is -2.07. The number of hydrogen-bond donors (Lipinski definition) is 1. The van der Waals surface area contributed by atoms with Crippen molar-refractivity contribution in [2.24, 2.45) is 0 Å². The number of nitrogens with one attached hydrogen (secondary N) is 1. The minimum Gasteiger partial charge on any atom is -0.266 e. The number of hydrogen-bond acceptors (Lipinski definition) is 7. The highest BCUT2D eigenvalue weighted by molar-refractivity contribution is 7.99. The van der Waals surface area contributed by atoms with Crippen molar-refractivity contribution in [3.63, 3.8) is 0 Å². The van der Waals surface area contributed by atoms with Crippen LogP contribution in [0.1, 0.15) is 13.3 Å². The molecule has 0 aliphatic rings. The summed E-state index contributed by atoms with van der Waals surface area (Å²) in [6, 6.07) is 0. The Hall–Kier alpha value is -0.990. The van der Waals surface area contributed by atoms with E-state index in [-0.39, 0.29) is 5.56 Å². The highest BCUT2D eigenvalue weighted by Crippen LogP contribution is 2.39. The molecule has 88 valence electrons. The summed E-state index contributed by atoms with van der Waals surface area (Å²) in [6.45, 7) is 2.13. The van der Waals surface area contributed by atoms with Crippen LogP contribution in [0.4, 0.5) is 0 Å². The number of H-pyrrole nitrogens is 1. The number of thiophene rings is 1. The molecule has 3 aromatic rings. The van der Waals surface area contributed by atoms with Gasteiger partial charge in [-0.15, -0.1) is 28.2 Å². The van der Waals surface area contributed by atoms with Crippen LogP contribution in [-0.4, -0.2) is 25.5 Å². The molecule has 3 heterocycles. The molecule has 0 bridgehead atoms. The van der Waals surface area contributed by atoms with E-state index in [1.807, 2.05) is 0 Å². The third-order valence-electron chi connectivity index (χ3n) is 2.23. The molecular weight excluding hydrogens is 276 g/mol. The average molecular weight is 284 g/mol. The Morgan fingerprint density at radius 3 is 3.18 bits per heavy atom. The average Bonchev–Trinajstić information content (AvgIpc) is 2.87. The Morgan fingerprint density at radius 1 is 1.47 bits per heavy atom. The van der Waals surface area contributed by atoms with Crippen molar-refractivity contribution in [1.29, 1.82) is 0 Å². The van der Waals surface area contributed by atoms with Crippen LogP contribution in [0.3, 0.4) is 0 Å². The minimum absolute atomic E-state index is 0.171. The molecule has 0 amide bonds. The zero-order valence-corrected chi connectivity index (χ0v) is 11.3. The molecule has 1 N–H and O–H groups in total. The molecule has 0 atom stereocenters. The van der Waals surface area contributed by atoms with Gasteiger partial charge in [0.25, 0.3) is 5.56 Å². The van der Waals surface area contributed by atoms with Gasteiger partial charge in [-0.2, -0.15) is 4.37 Å². The predicted molar refractivity (Wildman–Crippen MR) is 72.2 cm³/mol. The molecule has 0 saturated carbocycles. The molecule has 3 aromatic heterocycles. The van der Waals surface area contributed by atoms with Crippen LogP contribution in [-0.2, 0) is 0 Å². The predicted octanol–water partition coefficient (Wildman–Crippen LogP) is 2.49. The summed E-state index contributed by atoms with van der Waals surface area (Å²) in [4.78, 5) is 11.6. The molecule has 3 rings (SSSR count). The molecule has 0 spiro atoms. The Labute approximate surface area is 108 Å². The van der Waals surface area contributed by atoms with Gasteiger partial charge >= 0.3 is 0 Å². The largest absolute Gasteiger partial charge is 0.285 e. The highest BCUT2D eigenvalue weighted by Gasteiger charge is 2.16. The first-order chi connectivity index (χ1) is 8.31. The van der Waals surface area contributed by atoms with Gasteiger partial charge in [-0.05, 0) is 23.7 Å². The third-order valence-corrected chi connectivity index (χ3v) is 5.61. The number of aromatic nitrogens is 4. The summed E-state index contributed by atoms with van der Waals surface area (Å²) in [6.07, 6.45) is 1.10. The fraction of sp³-hybridized carbons (Fsp3) is 0.333. The van der Waals surface area contributed by atoms with Gasteiger partial charge in [0.1, 0.15) is 19.3 Å². The monoisotopic (exact) mass is 284 g/mol. The van der Waals surface area contributed by atoms with Crippen molar-refractivity contribution in [3.05, 3.63) is 10.4 Å². The molecule has 0 aliphatic carbocycles. The Balaban J connectivity index is 2.29. The molecule has 0 fully saturated rings. The van der Waals surface area contributed by atoms with Crippen LogP contribution in [0.5, 0.6) is 0 Å². The molecule has 0 radical (unpaired) electrons. The second-order valence-corrected chi connectivity index (χ2v) is 6.56. The first-order valence-corrected chi connectivity index (χ1v) is 7.65. The second-order valence-electron chi connectivity index (χ2n) is 3.42. The van der Waals surface area contributed by atoms with Crippen LogP contribution in [0.25, 0.3) is 19.6 Å². The second kappa shape index (κ2) is 4.35. The SMILES string of the molecule is CCCSc1nsc2sc3c(=O)[nH]nnc3c12.